The minimum Gasteiger partial charge on any atom is -0.356 e. The van der Waals surface area contributed by atoms with Crippen LogP contribution in [0.1, 0.15) is 36.9 Å². The molecule has 1 aromatic heterocycles. The van der Waals surface area contributed by atoms with Gasteiger partial charge in [0.1, 0.15) is 0 Å². The maximum atomic E-state index is 12.3. The van der Waals surface area contributed by atoms with Crippen LogP contribution < -0.4 is 0 Å². The van der Waals surface area contributed by atoms with Crippen molar-refractivity contribution in [2.75, 3.05) is 0 Å². The second-order valence-corrected chi connectivity index (χ2v) is 7.04. The molecule has 26 heavy (non-hydrogen) atoms. The van der Waals surface area contributed by atoms with Gasteiger partial charge in [0, 0.05) is 5.39 Å². The molecule has 132 valence electrons. The van der Waals surface area contributed by atoms with E-state index in [-0.39, 0.29) is 5.92 Å². The van der Waals surface area contributed by atoms with Crippen molar-refractivity contribution in [2.45, 2.75) is 37.9 Å². The molecule has 0 N–H and O–H groups in total. The van der Waals surface area contributed by atoms with E-state index in [1.807, 2.05) is 60.7 Å². The van der Waals surface area contributed by atoms with Gasteiger partial charge in [0.05, 0.1) is 17.8 Å². The fourth-order valence-electron chi connectivity index (χ4n) is 4.07. The van der Waals surface area contributed by atoms with Crippen LogP contribution >= 0.6 is 0 Å². The molecule has 1 atom stereocenters. The molecule has 4 rings (SSSR count). The number of nitrogens with zero attached hydrogens (tertiary/aromatic N) is 1. The molecular weight excluding hydrogens is 322 g/mol. The zero-order chi connectivity index (χ0) is 17.8. The molecule has 0 spiro atoms. The summed E-state index contributed by atoms with van der Waals surface area (Å²) in [5.74, 6) is 0.225. The SMILES string of the molecule is O=CC(OCc1ccc2ccccc2n1)(c1ccccc1)C1CCCC1. The Kier molecular flexibility index (Phi) is 4.81. The van der Waals surface area contributed by atoms with Crippen LogP contribution in [0, 0.1) is 5.92 Å². The largest absolute Gasteiger partial charge is 0.356 e. The standard InChI is InChI=1S/C23H23NO2/c25-17-23(20-11-5-6-12-20,19-9-2-1-3-10-19)26-16-21-15-14-18-8-4-7-13-22(18)24-21/h1-4,7-10,13-15,17,20H,5-6,11-12,16H2. The van der Waals surface area contributed by atoms with Crippen LogP contribution in [0.3, 0.4) is 0 Å². The molecule has 1 aliphatic rings. The van der Waals surface area contributed by atoms with Crippen molar-refractivity contribution in [1.82, 2.24) is 4.98 Å². The summed E-state index contributed by atoms with van der Waals surface area (Å²) in [6, 6.07) is 22.0. The molecule has 3 heteroatoms. The first-order valence-corrected chi connectivity index (χ1v) is 9.32. The van der Waals surface area contributed by atoms with Gasteiger partial charge in [-0.2, -0.15) is 0 Å². The number of aldehydes is 1. The van der Waals surface area contributed by atoms with Crippen molar-refractivity contribution in [3.05, 3.63) is 78.0 Å². The fourth-order valence-corrected chi connectivity index (χ4v) is 4.07. The number of fused-ring (bicyclic) bond motifs is 1. The van der Waals surface area contributed by atoms with Crippen LogP contribution in [-0.4, -0.2) is 11.3 Å². The Morgan fingerprint density at radius 3 is 2.46 bits per heavy atom. The van der Waals surface area contributed by atoms with Gasteiger partial charge in [0.15, 0.2) is 11.9 Å². The Labute approximate surface area is 154 Å². The van der Waals surface area contributed by atoms with Gasteiger partial charge >= 0.3 is 0 Å². The highest BCUT2D eigenvalue weighted by molar-refractivity contribution is 5.78. The first-order chi connectivity index (χ1) is 12.8. The average Bonchev–Trinajstić information content (AvgIpc) is 3.25. The maximum absolute atomic E-state index is 12.3. The van der Waals surface area contributed by atoms with E-state index in [1.54, 1.807) is 0 Å². The predicted molar refractivity (Wildman–Crippen MR) is 103 cm³/mol. The van der Waals surface area contributed by atoms with Crippen LogP contribution in [0.15, 0.2) is 66.7 Å². The molecule has 0 aliphatic heterocycles. The summed E-state index contributed by atoms with van der Waals surface area (Å²) in [7, 11) is 0. The van der Waals surface area contributed by atoms with E-state index in [0.717, 1.165) is 54.1 Å². The highest BCUT2D eigenvalue weighted by Crippen LogP contribution is 2.42. The highest BCUT2D eigenvalue weighted by Gasteiger charge is 2.43. The van der Waals surface area contributed by atoms with Crippen molar-refractivity contribution in [1.29, 1.82) is 0 Å². The molecular formula is C23H23NO2. The summed E-state index contributed by atoms with van der Waals surface area (Å²) in [5, 5.41) is 1.11. The molecule has 2 aromatic carbocycles. The maximum Gasteiger partial charge on any atom is 0.156 e. The number of benzene rings is 2. The molecule has 1 saturated carbocycles. The highest BCUT2D eigenvalue weighted by atomic mass is 16.5. The number of aromatic nitrogens is 1. The van der Waals surface area contributed by atoms with E-state index in [2.05, 4.69) is 6.07 Å². The second kappa shape index (κ2) is 7.38. The van der Waals surface area contributed by atoms with Crippen LogP contribution in [0.25, 0.3) is 10.9 Å². The lowest BCUT2D eigenvalue weighted by atomic mass is 9.81. The van der Waals surface area contributed by atoms with E-state index in [1.165, 1.54) is 0 Å². The number of ether oxygens (including phenoxy) is 1. The van der Waals surface area contributed by atoms with Gasteiger partial charge in [0.25, 0.3) is 0 Å². The quantitative estimate of drug-likeness (QED) is 0.588. The first kappa shape index (κ1) is 16.9. The molecule has 1 aliphatic carbocycles. The van der Waals surface area contributed by atoms with Crippen LogP contribution in [0.2, 0.25) is 0 Å². The molecule has 1 unspecified atom stereocenters. The lowest BCUT2D eigenvalue weighted by Crippen LogP contribution is -2.38. The third kappa shape index (κ3) is 3.15. The number of hydrogen-bond donors (Lipinski definition) is 0. The van der Waals surface area contributed by atoms with Crippen molar-refractivity contribution in [3.8, 4) is 0 Å². The Morgan fingerprint density at radius 2 is 1.69 bits per heavy atom. The summed E-state index contributed by atoms with van der Waals surface area (Å²) >= 11 is 0. The first-order valence-electron chi connectivity index (χ1n) is 9.32. The van der Waals surface area contributed by atoms with Gasteiger partial charge in [-0.1, -0.05) is 67.4 Å². The van der Waals surface area contributed by atoms with E-state index in [4.69, 9.17) is 9.72 Å². The lowest BCUT2D eigenvalue weighted by Gasteiger charge is -2.34. The van der Waals surface area contributed by atoms with Gasteiger partial charge in [0.2, 0.25) is 0 Å². The van der Waals surface area contributed by atoms with Crippen molar-refractivity contribution < 1.29 is 9.53 Å². The Balaban J connectivity index is 1.64. The van der Waals surface area contributed by atoms with Crippen LogP contribution in [0.5, 0.6) is 0 Å². The van der Waals surface area contributed by atoms with E-state index in [0.29, 0.717) is 6.61 Å². The Morgan fingerprint density at radius 1 is 0.962 bits per heavy atom. The number of pyridine rings is 1. The van der Waals surface area contributed by atoms with Gasteiger partial charge < -0.3 is 4.74 Å². The summed E-state index contributed by atoms with van der Waals surface area (Å²) in [4.78, 5) is 17.0. The summed E-state index contributed by atoms with van der Waals surface area (Å²) in [6.07, 6.45) is 5.38. The molecule has 0 amide bonds. The summed E-state index contributed by atoms with van der Waals surface area (Å²) in [6.45, 7) is 0.328. The molecule has 1 heterocycles. The van der Waals surface area contributed by atoms with E-state index >= 15 is 0 Å². The van der Waals surface area contributed by atoms with Gasteiger partial charge in [-0.05, 0) is 36.5 Å². The summed E-state index contributed by atoms with van der Waals surface area (Å²) < 4.78 is 6.35. The predicted octanol–water partition coefficient (Wildman–Crippen LogP) is 5.04. The number of hydrogen-bond acceptors (Lipinski definition) is 3. The fraction of sp³-hybridized carbons (Fsp3) is 0.304. The monoisotopic (exact) mass is 345 g/mol. The van der Waals surface area contributed by atoms with E-state index < -0.39 is 5.60 Å². The number of carbonyl (C=O) groups is 1. The molecule has 1 fully saturated rings. The van der Waals surface area contributed by atoms with Crippen LogP contribution in [0.4, 0.5) is 0 Å². The second-order valence-electron chi connectivity index (χ2n) is 7.04. The Hall–Kier alpha value is -2.52. The Bertz CT molecular complexity index is 887. The molecule has 0 radical (unpaired) electrons. The van der Waals surface area contributed by atoms with Gasteiger partial charge in [-0.25, -0.2) is 0 Å². The van der Waals surface area contributed by atoms with E-state index in [9.17, 15) is 4.79 Å². The topological polar surface area (TPSA) is 39.2 Å². The number of para-hydroxylation sites is 1. The molecule has 0 bridgehead atoms. The zero-order valence-corrected chi connectivity index (χ0v) is 14.8. The van der Waals surface area contributed by atoms with Crippen molar-refractivity contribution in [3.63, 3.8) is 0 Å². The molecule has 3 nitrogen and oxygen atoms in total. The smallest absolute Gasteiger partial charge is 0.156 e. The number of carbonyl (C=O) groups excluding carboxylic acids is 1. The molecule has 0 saturated heterocycles. The van der Waals surface area contributed by atoms with Crippen molar-refractivity contribution in [2.24, 2.45) is 5.92 Å². The summed E-state index contributed by atoms with van der Waals surface area (Å²) in [5.41, 5.74) is 1.86. The minimum atomic E-state index is -0.884. The van der Waals surface area contributed by atoms with Crippen LogP contribution in [-0.2, 0) is 21.7 Å². The minimum absolute atomic E-state index is 0.225. The average molecular weight is 345 g/mol. The normalized spacial score (nSPS) is 17.2. The third-order valence-corrected chi connectivity index (χ3v) is 5.48. The lowest BCUT2D eigenvalue weighted by molar-refractivity contribution is -0.145. The third-order valence-electron chi connectivity index (χ3n) is 5.48. The van der Waals surface area contributed by atoms with Gasteiger partial charge in [-0.15, -0.1) is 0 Å². The van der Waals surface area contributed by atoms with Crippen molar-refractivity contribution >= 4 is 17.2 Å². The zero-order valence-electron chi connectivity index (χ0n) is 14.8. The van der Waals surface area contributed by atoms with Gasteiger partial charge in [-0.3, -0.25) is 9.78 Å². The number of rotatable bonds is 6. The molecule has 3 aromatic rings.